The summed E-state index contributed by atoms with van der Waals surface area (Å²) in [6.07, 6.45) is -8.12. The van der Waals surface area contributed by atoms with Gasteiger partial charge in [-0.3, -0.25) is 15.0 Å². The molecule has 0 unspecified atom stereocenters. The Morgan fingerprint density at radius 2 is 1.82 bits per heavy atom. The van der Waals surface area contributed by atoms with Gasteiger partial charge in [0.1, 0.15) is 18.3 Å². The maximum absolute atomic E-state index is 11.2. The number of aliphatic hydroxyl groups excluding tert-OH is 3. The smallest absolute Gasteiger partial charge is 0.305 e. The number of carbonyl (C=O) groups is 2. The molecule has 0 aromatic carbocycles. The summed E-state index contributed by atoms with van der Waals surface area (Å²) in [5, 5.41) is 28.4. The second kappa shape index (κ2) is 5.38. The minimum atomic E-state index is -1.70. The van der Waals surface area contributed by atoms with Gasteiger partial charge in [0.05, 0.1) is 0 Å². The number of ether oxygens (including phenoxy) is 2. The highest BCUT2D eigenvalue weighted by molar-refractivity contribution is 5.81. The van der Waals surface area contributed by atoms with Crippen LogP contribution in [-0.4, -0.2) is 57.9 Å². The Morgan fingerprint density at radius 3 is 2.29 bits per heavy atom. The van der Waals surface area contributed by atoms with Crippen molar-refractivity contribution in [2.24, 2.45) is 5.84 Å². The quantitative estimate of drug-likeness (QED) is 0.145. The number of nitrogens with two attached hydrogens (primary N) is 1. The zero-order chi connectivity index (χ0) is 13.2. The van der Waals surface area contributed by atoms with Gasteiger partial charge in [-0.1, -0.05) is 0 Å². The number of aliphatic hydroxyl groups is 3. The van der Waals surface area contributed by atoms with E-state index in [2.05, 4.69) is 4.74 Å². The summed E-state index contributed by atoms with van der Waals surface area (Å²) in [7, 11) is 0. The highest BCUT2D eigenvalue weighted by atomic mass is 16.7. The number of esters is 1. The van der Waals surface area contributed by atoms with Crippen LogP contribution in [0.3, 0.4) is 0 Å². The SMILES string of the molecule is CC(=O)O[C@H]1O[C@H](C(=O)NN)[C@@H](O)[C@H](O)[C@H]1O. The highest BCUT2D eigenvalue weighted by Crippen LogP contribution is 2.22. The summed E-state index contributed by atoms with van der Waals surface area (Å²) in [4.78, 5) is 21.9. The number of hydrazine groups is 1. The molecule has 1 fully saturated rings. The molecule has 1 aliphatic heterocycles. The van der Waals surface area contributed by atoms with E-state index in [1.165, 1.54) is 0 Å². The third-order valence-electron chi connectivity index (χ3n) is 2.25. The molecule has 0 bridgehead atoms. The zero-order valence-corrected chi connectivity index (χ0v) is 8.94. The molecule has 98 valence electrons. The first-order valence-corrected chi connectivity index (χ1v) is 4.75. The lowest BCUT2D eigenvalue weighted by atomic mass is 9.98. The van der Waals surface area contributed by atoms with Gasteiger partial charge in [0.15, 0.2) is 6.10 Å². The molecule has 0 aromatic heterocycles. The molecule has 5 atom stereocenters. The third-order valence-corrected chi connectivity index (χ3v) is 2.25. The maximum Gasteiger partial charge on any atom is 0.305 e. The monoisotopic (exact) mass is 250 g/mol. The number of hydrogen-bond acceptors (Lipinski definition) is 8. The highest BCUT2D eigenvalue weighted by Gasteiger charge is 2.48. The van der Waals surface area contributed by atoms with Crippen molar-refractivity contribution in [2.75, 3.05) is 0 Å². The lowest BCUT2D eigenvalue weighted by Crippen LogP contribution is -2.62. The fourth-order valence-electron chi connectivity index (χ4n) is 1.41. The van der Waals surface area contributed by atoms with Crippen molar-refractivity contribution in [2.45, 2.75) is 37.6 Å². The van der Waals surface area contributed by atoms with Crippen LogP contribution in [0.1, 0.15) is 6.92 Å². The van der Waals surface area contributed by atoms with Crippen LogP contribution in [-0.2, 0) is 19.1 Å². The van der Waals surface area contributed by atoms with Gasteiger partial charge in [0.25, 0.3) is 5.91 Å². The molecule has 0 aromatic rings. The van der Waals surface area contributed by atoms with Gasteiger partial charge in [-0.15, -0.1) is 0 Å². The number of rotatable bonds is 2. The van der Waals surface area contributed by atoms with Gasteiger partial charge in [-0.2, -0.15) is 0 Å². The first-order valence-electron chi connectivity index (χ1n) is 4.75. The Morgan fingerprint density at radius 1 is 1.24 bits per heavy atom. The van der Waals surface area contributed by atoms with Crippen molar-refractivity contribution in [3.63, 3.8) is 0 Å². The van der Waals surface area contributed by atoms with Gasteiger partial charge in [-0.25, -0.2) is 5.84 Å². The first kappa shape index (κ1) is 13.8. The maximum atomic E-state index is 11.2. The fourth-order valence-corrected chi connectivity index (χ4v) is 1.41. The Hall–Kier alpha value is -1.26. The van der Waals surface area contributed by atoms with E-state index in [1.807, 2.05) is 0 Å². The molecular formula is C8H14N2O7. The predicted octanol–water partition coefficient (Wildman–Crippen LogP) is -3.65. The minimum absolute atomic E-state index is 0.774. The Labute approximate surface area is 96.1 Å². The summed E-state index contributed by atoms with van der Waals surface area (Å²) in [6.45, 7) is 1.06. The summed E-state index contributed by atoms with van der Waals surface area (Å²) in [5.41, 5.74) is 1.72. The molecule has 0 saturated carbocycles. The van der Waals surface area contributed by atoms with E-state index >= 15 is 0 Å². The molecule has 1 amide bonds. The van der Waals surface area contributed by atoms with E-state index in [9.17, 15) is 24.9 Å². The lowest BCUT2D eigenvalue weighted by molar-refractivity contribution is -0.282. The summed E-state index contributed by atoms with van der Waals surface area (Å²) < 4.78 is 9.39. The molecule has 0 radical (unpaired) electrons. The van der Waals surface area contributed by atoms with Crippen molar-refractivity contribution >= 4 is 11.9 Å². The summed E-state index contributed by atoms with van der Waals surface area (Å²) in [5.74, 6) is 3.16. The van der Waals surface area contributed by atoms with Crippen LogP contribution >= 0.6 is 0 Å². The van der Waals surface area contributed by atoms with Crippen LogP contribution in [0.5, 0.6) is 0 Å². The predicted molar refractivity (Wildman–Crippen MR) is 50.8 cm³/mol. The molecule has 1 heterocycles. The van der Waals surface area contributed by atoms with E-state index < -0.39 is 42.6 Å². The number of amides is 1. The van der Waals surface area contributed by atoms with Crippen LogP contribution in [0.4, 0.5) is 0 Å². The molecular weight excluding hydrogens is 236 g/mol. The van der Waals surface area contributed by atoms with Crippen LogP contribution < -0.4 is 11.3 Å². The van der Waals surface area contributed by atoms with Crippen molar-refractivity contribution in [3.05, 3.63) is 0 Å². The zero-order valence-electron chi connectivity index (χ0n) is 8.94. The van der Waals surface area contributed by atoms with E-state index in [0.29, 0.717) is 0 Å². The van der Waals surface area contributed by atoms with Gasteiger partial charge >= 0.3 is 5.97 Å². The molecule has 6 N–H and O–H groups in total. The van der Waals surface area contributed by atoms with Crippen LogP contribution in [0.15, 0.2) is 0 Å². The van der Waals surface area contributed by atoms with Gasteiger partial charge < -0.3 is 24.8 Å². The van der Waals surface area contributed by atoms with E-state index in [-0.39, 0.29) is 0 Å². The van der Waals surface area contributed by atoms with Crippen molar-refractivity contribution < 1.29 is 34.4 Å². The third kappa shape index (κ3) is 2.90. The lowest BCUT2D eigenvalue weighted by Gasteiger charge is -2.38. The second-order valence-electron chi connectivity index (χ2n) is 3.51. The molecule has 1 saturated heterocycles. The average molecular weight is 250 g/mol. The van der Waals surface area contributed by atoms with Crippen molar-refractivity contribution in [3.8, 4) is 0 Å². The molecule has 0 aliphatic carbocycles. The molecule has 9 nitrogen and oxygen atoms in total. The Bertz CT molecular complexity index is 310. The Kier molecular flexibility index (Phi) is 4.37. The van der Waals surface area contributed by atoms with E-state index in [1.54, 1.807) is 5.43 Å². The second-order valence-corrected chi connectivity index (χ2v) is 3.51. The summed E-state index contributed by atoms with van der Waals surface area (Å²) >= 11 is 0. The van der Waals surface area contributed by atoms with Crippen LogP contribution in [0, 0.1) is 0 Å². The van der Waals surface area contributed by atoms with Gasteiger partial charge in [0.2, 0.25) is 6.29 Å². The molecule has 1 aliphatic rings. The van der Waals surface area contributed by atoms with Crippen LogP contribution in [0.25, 0.3) is 0 Å². The van der Waals surface area contributed by atoms with E-state index in [0.717, 1.165) is 6.92 Å². The first-order chi connectivity index (χ1) is 7.88. The largest absolute Gasteiger partial charge is 0.433 e. The molecule has 0 spiro atoms. The molecule has 1 rings (SSSR count). The molecule has 9 heteroatoms. The number of carbonyl (C=O) groups excluding carboxylic acids is 2. The van der Waals surface area contributed by atoms with E-state index in [4.69, 9.17) is 10.6 Å². The standard InChI is InChI=1S/C8H14N2O7/c1-2(11)16-8-5(14)3(12)4(13)6(17-8)7(15)10-9/h3-6,8,12-14H,9H2,1H3,(H,10,15)/t3-,4-,5+,6-,8-/m0/s1. The van der Waals surface area contributed by atoms with Crippen LogP contribution in [0.2, 0.25) is 0 Å². The normalized spacial score (nSPS) is 37.4. The molecule has 17 heavy (non-hydrogen) atoms. The summed E-state index contributed by atoms with van der Waals surface area (Å²) in [6, 6.07) is 0. The Balaban J connectivity index is 2.82. The van der Waals surface area contributed by atoms with Crippen molar-refractivity contribution in [1.82, 2.24) is 5.43 Å². The number of hydrogen-bond donors (Lipinski definition) is 5. The van der Waals surface area contributed by atoms with Crippen molar-refractivity contribution in [1.29, 1.82) is 0 Å². The topological polar surface area (TPSA) is 151 Å². The minimum Gasteiger partial charge on any atom is -0.433 e. The van der Waals surface area contributed by atoms with Gasteiger partial charge in [0, 0.05) is 6.92 Å². The number of nitrogens with one attached hydrogen (secondary N) is 1. The van der Waals surface area contributed by atoms with Gasteiger partial charge in [-0.05, 0) is 0 Å². The fraction of sp³-hybridized carbons (Fsp3) is 0.750. The average Bonchev–Trinajstić information content (AvgIpc) is 2.28.